The topological polar surface area (TPSA) is 81.6 Å². The second-order valence-corrected chi connectivity index (χ2v) is 7.02. The molecule has 1 aliphatic rings. The number of aryl methyl sites for hydroxylation is 2. The third kappa shape index (κ3) is 2.80. The number of morpholine rings is 1. The Bertz CT molecular complexity index is 996. The minimum absolute atomic E-state index is 0.0115. The molecule has 8 heteroatoms. The maximum Gasteiger partial charge on any atom is 0.205 e. The predicted molar refractivity (Wildman–Crippen MR) is 96.5 cm³/mol. The van der Waals surface area contributed by atoms with E-state index in [0.717, 1.165) is 0 Å². The van der Waals surface area contributed by atoms with Gasteiger partial charge in [-0.3, -0.25) is 4.79 Å². The van der Waals surface area contributed by atoms with Crippen LogP contribution in [0.5, 0.6) is 0 Å². The SMILES string of the molecule is Cc1noc(C)c1-c1noc2c(F)c(N3CC(C)OC(C)C3)c(C=O)cc12. The van der Waals surface area contributed by atoms with Crippen LogP contribution in [0.25, 0.3) is 22.2 Å². The Kier molecular flexibility index (Phi) is 4.22. The quantitative estimate of drug-likeness (QED) is 0.648. The molecule has 0 bridgehead atoms. The van der Waals surface area contributed by atoms with E-state index >= 15 is 4.39 Å². The van der Waals surface area contributed by atoms with Crippen LogP contribution in [-0.4, -0.2) is 41.9 Å². The first-order valence-electron chi connectivity index (χ1n) is 8.81. The molecule has 2 aromatic heterocycles. The molecule has 3 heterocycles. The van der Waals surface area contributed by atoms with E-state index in [-0.39, 0.29) is 29.0 Å². The summed E-state index contributed by atoms with van der Waals surface area (Å²) >= 11 is 0. The van der Waals surface area contributed by atoms with Crippen LogP contribution in [0.2, 0.25) is 0 Å². The van der Waals surface area contributed by atoms with Crippen LogP contribution in [0.3, 0.4) is 0 Å². The van der Waals surface area contributed by atoms with Gasteiger partial charge in [0.05, 0.1) is 34.5 Å². The molecule has 27 heavy (non-hydrogen) atoms. The lowest BCUT2D eigenvalue weighted by atomic mass is 10.0. The number of fused-ring (bicyclic) bond motifs is 1. The van der Waals surface area contributed by atoms with Crippen molar-refractivity contribution < 1.29 is 23.0 Å². The molecule has 1 aliphatic heterocycles. The molecule has 0 saturated carbocycles. The molecule has 2 atom stereocenters. The van der Waals surface area contributed by atoms with Crippen LogP contribution in [0.1, 0.15) is 35.7 Å². The van der Waals surface area contributed by atoms with Gasteiger partial charge in [0.2, 0.25) is 5.58 Å². The largest absolute Gasteiger partial charge is 0.372 e. The standard InChI is InChI=1S/C19H20FN3O4/c1-9-6-23(7-10(2)25-9)18-13(8-24)5-14-17(22-27-19(14)16(18)20)15-11(3)21-26-12(15)4/h5,8-10H,6-7H2,1-4H3. The number of rotatable bonds is 3. The summed E-state index contributed by atoms with van der Waals surface area (Å²) in [6, 6.07) is 1.61. The number of nitrogens with zero attached hydrogens (tertiary/aromatic N) is 3. The second kappa shape index (κ2) is 6.45. The van der Waals surface area contributed by atoms with Crippen molar-refractivity contribution in [2.45, 2.75) is 39.9 Å². The smallest absolute Gasteiger partial charge is 0.205 e. The molecule has 0 aliphatic carbocycles. The number of aromatic nitrogens is 2. The van der Waals surface area contributed by atoms with E-state index < -0.39 is 5.82 Å². The van der Waals surface area contributed by atoms with Gasteiger partial charge in [0.15, 0.2) is 12.1 Å². The van der Waals surface area contributed by atoms with Crippen LogP contribution in [-0.2, 0) is 4.74 Å². The third-order valence-corrected chi connectivity index (χ3v) is 4.84. The van der Waals surface area contributed by atoms with Crippen molar-refractivity contribution in [2.24, 2.45) is 0 Å². The minimum atomic E-state index is -0.596. The Morgan fingerprint density at radius 1 is 1.19 bits per heavy atom. The number of carbonyl (C=O) groups is 1. The first kappa shape index (κ1) is 17.7. The zero-order chi connectivity index (χ0) is 19.3. The summed E-state index contributed by atoms with van der Waals surface area (Å²) in [6.45, 7) is 8.33. The number of halogens is 1. The first-order valence-corrected chi connectivity index (χ1v) is 8.81. The average Bonchev–Trinajstić information content (AvgIpc) is 3.16. The molecule has 1 fully saturated rings. The third-order valence-electron chi connectivity index (χ3n) is 4.84. The Hall–Kier alpha value is -2.74. The lowest BCUT2D eigenvalue weighted by Gasteiger charge is -2.37. The molecule has 4 rings (SSSR count). The van der Waals surface area contributed by atoms with Crippen molar-refractivity contribution in [3.63, 3.8) is 0 Å². The molecular formula is C19H20FN3O4. The normalized spacial score (nSPS) is 20.4. The molecule has 7 nitrogen and oxygen atoms in total. The highest BCUT2D eigenvalue weighted by Crippen LogP contribution is 2.38. The fourth-order valence-corrected chi connectivity index (χ4v) is 3.82. The van der Waals surface area contributed by atoms with Crippen molar-refractivity contribution >= 4 is 22.9 Å². The van der Waals surface area contributed by atoms with Crippen LogP contribution >= 0.6 is 0 Å². The summed E-state index contributed by atoms with van der Waals surface area (Å²) in [7, 11) is 0. The fraction of sp³-hybridized carbons (Fsp3) is 0.421. The van der Waals surface area contributed by atoms with Crippen molar-refractivity contribution in [3.05, 3.63) is 28.9 Å². The number of hydrogen-bond acceptors (Lipinski definition) is 7. The van der Waals surface area contributed by atoms with Crippen LogP contribution in [0, 0.1) is 19.7 Å². The van der Waals surface area contributed by atoms with Gasteiger partial charge in [0.1, 0.15) is 11.5 Å². The molecule has 0 N–H and O–H groups in total. The highest BCUT2D eigenvalue weighted by atomic mass is 19.1. The molecular weight excluding hydrogens is 353 g/mol. The average molecular weight is 373 g/mol. The van der Waals surface area contributed by atoms with Gasteiger partial charge in [-0.05, 0) is 33.8 Å². The maximum absolute atomic E-state index is 15.4. The van der Waals surface area contributed by atoms with E-state index in [0.29, 0.717) is 47.5 Å². The summed E-state index contributed by atoms with van der Waals surface area (Å²) < 4.78 is 31.6. The first-order chi connectivity index (χ1) is 12.9. The Morgan fingerprint density at radius 2 is 1.89 bits per heavy atom. The van der Waals surface area contributed by atoms with Gasteiger partial charge in [-0.1, -0.05) is 10.3 Å². The molecule has 2 unspecified atom stereocenters. The monoisotopic (exact) mass is 373 g/mol. The summed E-state index contributed by atoms with van der Waals surface area (Å²) in [5, 5.41) is 8.37. The molecule has 1 saturated heterocycles. The summed E-state index contributed by atoms with van der Waals surface area (Å²) in [4.78, 5) is 13.6. The maximum atomic E-state index is 15.4. The van der Waals surface area contributed by atoms with Crippen LogP contribution < -0.4 is 4.90 Å². The lowest BCUT2D eigenvalue weighted by molar-refractivity contribution is -0.00543. The highest BCUT2D eigenvalue weighted by Gasteiger charge is 2.30. The van der Waals surface area contributed by atoms with Gasteiger partial charge in [-0.25, -0.2) is 4.39 Å². The molecule has 0 amide bonds. The summed E-state index contributed by atoms with van der Waals surface area (Å²) in [5.41, 5.74) is 2.16. The van der Waals surface area contributed by atoms with Gasteiger partial charge in [-0.15, -0.1) is 0 Å². The number of benzene rings is 1. The number of ether oxygens (including phenoxy) is 1. The Balaban J connectivity index is 1.91. The Labute approximate surface area is 155 Å². The van der Waals surface area contributed by atoms with Crippen molar-refractivity contribution in [1.29, 1.82) is 0 Å². The molecule has 1 aromatic carbocycles. The van der Waals surface area contributed by atoms with E-state index in [1.54, 1.807) is 19.9 Å². The van der Waals surface area contributed by atoms with E-state index in [1.165, 1.54) is 0 Å². The molecule has 142 valence electrons. The number of carbonyl (C=O) groups excluding carboxylic acids is 1. The Morgan fingerprint density at radius 3 is 2.48 bits per heavy atom. The van der Waals surface area contributed by atoms with Gasteiger partial charge >= 0.3 is 0 Å². The van der Waals surface area contributed by atoms with Gasteiger partial charge in [0.25, 0.3) is 0 Å². The summed E-state index contributed by atoms with van der Waals surface area (Å²) in [5.74, 6) is -0.0444. The van der Waals surface area contributed by atoms with Crippen LogP contribution in [0.15, 0.2) is 15.1 Å². The second-order valence-electron chi connectivity index (χ2n) is 7.02. The van der Waals surface area contributed by atoms with Gasteiger partial charge in [-0.2, -0.15) is 0 Å². The highest BCUT2D eigenvalue weighted by molar-refractivity contribution is 6.00. The van der Waals surface area contributed by atoms with Crippen molar-refractivity contribution in [1.82, 2.24) is 10.3 Å². The number of anilines is 1. The summed E-state index contributed by atoms with van der Waals surface area (Å²) in [6.07, 6.45) is 0.513. The van der Waals surface area contributed by atoms with E-state index in [2.05, 4.69) is 10.3 Å². The number of aldehydes is 1. The van der Waals surface area contributed by atoms with E-state index in [4.69, 9.17) is 13.8 Å². The minimum Gasteiger partial charge on any atom is -0.372 e. The molecule has 0 spiro atoms. The molecule has 3 aromatic rings. The van der Waals surface area contributed by atoms with E-state index in [9.17, 15) is 4.79 Å². The number of hydrogen-bond donors (Lipinski definition) is 0. The van der Waals surface area contributed by atoms with Crippen LogP contribution in [0.4, 0.5) is 10.1 Å². The zero-order valence-corrected chi connectivity index (χ0v) is 15.6. The molecule has 0 radical (unpaired) electrons. The van der Waals surface area contributed by atoms with Gasteiger partial charge in [0, 0.05) is 18.7 Å². The van der Waals surface area contributed by atoms with Crippen molar-refractivity contribution in [3.8, 4) is 11.3 Å². The van der Waals surface area contributed by atoms with Crippen molar-refractivity contribution in [2.75, 3.05) is 18.0 Å². The predicted octanol–water partition coefficient (Wildman–Crippen LogP) is 3.66. The zero-order valence-electron chi connectivity index (χ0n) is 15.6. The van der Waals surface area contributed by atoms with E-state index in [1.807, 2.05) is 18.7 Å². The fourth-order valence-electron chi connectivity index (χ4n) is 3.82. The lowest BCUT2D eigenvalue weighted by Crippen LogP contribution is -2.46. The van der Waals surface area contributed by atoms with Gasteiger partial charge < -0.3 is 18.7 Å².